The van der Waals surface area contributed by atoms with E-state index in [1.807, 2.05) is 48.7 Å². The predicted molar refractivity (Wildman–Crippen MR) is 134 cm³/mol. The Morgan fingerprint density at radius 3 is 2.45 bits per heavy atom. The highest BCUT2D eigenvalue weighted by molar-refractivity contribution is 6.36. The molecule has 0 spiro atoms. The molecule has 0 unspecified atom stereocenters. The third-order valence-corrected chi connectivity index (χ3v) is 6.37. The van der Waals surface area contributed by atoms with Gasteiger partial charge in [-0.25, -0.2) is 4.79 Å². The first-order valence-corrected chi connectivity index (χ1v) is 11.4. The van der Waals surface area contributed by atoms with Gasteiger partial charge in [0.1, 0.15) is 0 Å². The maximum atomic E-state index is 10.9. The van der Waals surface area contributed by atoms with Crippen molar-refractivity contribution < 1.29 is 9.90 Å². The lowest BCUT2D eigenvalue weighted by atomic mass is 9.86. The van der Waals surface area contributed by atoms with E-state index in [1.54, 1.807) is 12.1 Å². The van der Waals surface area contributed by atoms with E-state index in [0.717, 1.165) is 57.6 Å². The van der Waals surface area contributed by atoms with Crippen LogP contribution in [0.5, 0.6) is 0 Å². The molecule has 0 aliphatic heterocycles. The fourth-order valence-electron chi connectivity index (χ4n) is 4.14. The van der Waals surface area contributed by atoms with Crippen LogP contribution in [0, 0.1) is 5.92 Å². The Hall–Kier alpha value is -3.34. The van der Waals surface area contributed by atoms with Gasteiger partial charge in [-0.3, -0.25) is 5.10 Å². The van der Waals surface area contributed by atoms with E-state index in [0.29, 0.717) is 16.0 Å². The van der Waals surface area contributed by atoms with Crippen molar-refractivity contribution in [3.05, 3.63) is 105 Å². The molecule has 4 nitrogen and oxygen atoms in total. The molecular formula is C27H20Cl2N2O2. The number of nitrogens with one attached hydrogen (secondary N) is 1. The van der Waals surface area contributed by atoms with Gasteiger partial charge in [0, 0.05) is 21.5 Å². The molecule has 1 aliphatic carbocycles. The van der Waals surface area contributed by atoms with Gasteiger partial charge in [0.25, 0.3) is 0 Å². The average Bonchev–Trinajstić information content (AvgIpc) is 3.53. The quantitative estimate of drug-likeness (QED) is 0.227. The molecule has 33 heavy (non-hydrogen) atoms. The van der Waals surface area contributed by atoms with Crippen LogP contribution < -0.4 is 0 Å². The summed E-state index contributed by atoms with van der Waals surface area (Å²) in [5.74, 6) is -0.563. The summed E-state index contributed by atoms with van der Waals surface area (Å²) in [7, 11) is 0. The summed E-state index contributed by atoms with van der Waals surface area (Å²) >= 11 is 12.9. The van der Waals surface area contributed by atoms with E-state index >= 15 is 0 Å². The number of hydrogen-bond donors (Lipinski definition) is 2. The van der Waals surface area contributed by atoms with Gasteiger partial charge in [-0.15, -0.1) is 0 Å². The second kappa shape index (κ2) is 8.89. The summed E-state index contributed by atoms with van der Waals surface area (Å²) in [6.07, 6.45) is 6.76. The van der Waals surface area contributed by atoms with E-state index in [9.17, 15) is 4.79 Å². The van der Waals surface area contributed by atoms with Gasteiger partial charge in [-0.05, 0) is 82.5 Å². The van der Waals surface area contributed by atoms with E-state index in [1.165, 1.54) is 5.57 Å². The summed E-state index contributed by atoms with van der Waals surface area (Å²) < 4.78 is 0. The molecule has 4 aromatic rings. The Labute approximate surface area is 201 Å². The van der Waals surface area contributed by atoms with Gasteiger partial charge in [-0.1, -0.05) is 59.6 Å². The Morgan fingerprint density at radius 1 is 1.00 bits per heavy atom. The van der Waals surface area contributed by atoms with E-state index in [2.05, 4.69) is 22.3 Å². The third kappa shape index (κ3) is 4.58. The number of carbonyl (C=O) groups is 1. The highest BCUT2D eigenvalue weighted by atomic mass is 35.5. The number of carboxylic acid groups (broad SMARTS) is 1. The molecule has 0 radical (unpaired) electrons. The van der Waals surface area contributed by atoms with Gasteiger partial charge in [0.15, 0.2) is 0 Å². The first-order valence-electron chi connectivity index (χ1n) is 10.6. The topological polar surface area (TPSA) is 66.0 Å². The number of rotatable bonds is 6. The fourth-order valence-corrected chi connectivity index (χ4v) is 4.65. The Bertz CT molecular complexity index is 1410. The molecule has 2 N–H and O–H groups in total. The zero-order valence-corrected chi connectivity index (χ0v) is 19.1. The number of aliphatic carboxylic acids is 1. The van der Waals surface area contributed by atoms with E-state index < -0.39 is 5.97 Å². The molecule has 1 heterocycles. The predicted octanol–water partition coefficient (Wildman–Crippen LogP) is 7.34. The molecule has 0 saturated heterocycles. The Morgan fingerprint density at radius 2 is 1.76 bits per heavy atom. The number of aromatic nitrogens is 2. The number of benzene rings is 3. The molecule has 1 aromatic heterocycles. The van der Waals surface area contributed by atoms with Crippen LogP contribution in [-0.2, 0) is 4.79 Å². The average molecular weight is 475 g/mol. The standard InChI is InChI=1S/C27H20Cl2N2O2/c28-21-9-10-22(23(29)14-21)27(18-6-7-18)26(19-8-11-24-20(13-19)15-30-31-24)17-4-1-16(2-5-17)3-12-25(32)33/h1-5,8-15,18H,6-7H2,(H,30,31)(H,32,33). The zero-order valence-electron chi connectivity index (χ0n) is 17.6. The maximum absolute atomic E-state index is 10.9. The molecule has 3 aromatic carbocycles. The lowest BCUT2D eigenvalue weighted by Gasteiger charge is -2.19. The first-order chi connectivity index (χ1) is 16.0. The third-order valence-electron chi connectivity index (χ3n) is 5.82. The van der Waals surface area contributed by atoms with Crippen LogP contribution in [0.25, 0.3) is 28.1 Å². The fraction of sp³-hybridized carbons (Fsp3) is 0.111. The van der Waals surface area contributed by atoms with Crippen LogP contribution >= 0.6 is 23.2 Å². The smallest absolute Gasteiger partial charge is 0.328 e. The van der Waals surface area contributed by atoms with Gasteiger partial charge in [0.05, 0.1) is 11.7 Å². The Balaban J connectivity index is 1.73. The van der Waals surface area contributed by atoms with Crippen LogP contribution in [0.2, 0.25) is 10.0 Å². The number of nitrogens with zero attached hydrogens (tertiary/aromatic N) is 1. The van der Waals surface area contributed by atoms with Crippen LogP contribution in [-0.4, -0.2) is 21.3 Å². The summed E-state index contributed by atoms with van der Waals surface area (Å²) in [5.41, 5.74) is 7.21. The molecule has 0 atom stereocenters. The number of carboxylic acids is 1. The number of halogens is 2. The van der Waals surface area contributed by atoms with Crippen molar-refractivity contribution in [2.24, 2.45) is 5.92 Å². The number of hydrogen-bond acceptors (Lipinski definition) is 2. The molecule has 1 saturated carbocycles. The summed E-state index contributed by atoms with van der Waals surface area (Å²) in [5, 5.41) is 18.4. The van der Waals surface area contributed by atoms with Crippen molar-refractivity contribution in [2.45, 2.75) is 12.8 Å². The van der Waals surface area contributed by atoms with Crippen molar-refractivity contribution >= 4 is 57.3 Å². The number of fused-ring (bicyclic) bond motifs is 1. The number of aromatic amines is 1. The molecule has 164 valence electrons. The van der Waals surface area contributed by atoms with Crippen LogP contribution in [0.3, 0.4) is 0 Å². The lowest BCUT2D eigenvalue weighted by Crippen LogP contribution is -1.98. The minimum Gasteiger partial charge on any atom is -0.478 e. The molecule has 1 aliphatic rings. The van der Waals surface area contributed by atoms with E-state index in [4.69, 9.17) is 28.3 Å². The lowest BCUT2D eigenvalue weighted by molar-refractivity contribution is -0.131. The second-order valence-electron chi connectivity index (χ2n) is 8.15. The minimum absolute atomic E-state index is 0.408. The summed E-state index contributed by atoms with van der Waals surface area (Å²) in [6, 6.07) is 19.9. The van der Waals surface area contributed by atoms with Gasteiger partial charge in [0.2, 0.25) is 0 Å². The highest BCUT2D eigenvalue weighted by Gasteiger charge is 2.31. The zero-order chi connectivity index (χ0) is 22.9. The maximum Gasteiger partial charge on any atom is 0.328 e. The first kappa shape index (κ1) is 21.5. The molecule has 5 rings (SSSR count). The van der Waals surface area contributed by atoms with Crippen LogP contribution in [0.4, 0.5) is 0 Å². The van der Waals surface area contributed by atoms with Crippen molar-refractivity contribution in [3.63, 3.8) is 0 Å². The van der Waals surface area contributed by atoms with Gasteiger partial charge in [-0.2, -0.15) is 5.10 Å². The normalized spacial score (nSPS) is 14.6. The molecule has 0 bridgehead atoms. The van der Waals surface area contributed by atoms with Crippen molar-refractivity contribution in [2.75, 3.05) is 0 Å². The number of allylic oxidation sites excluding steroid dienone is 1. The second-order valence-corrected chi connectivity index (χ2v) is 9.00. The van der Waals surface area contributed by atoms with Crippen LogP contribution in [0.1, 0.15) is 35.1 Å². The molecule has 6 heteroatoms. The van der Waals surface area contributed by atoms with Gasteiger partial charge >= 0.3 is 5.97 Å². The van der Waals surface area contributed by atoms with Gasteiger partial charge < -0.3 is 5.11 Å². The minimum atomic E-state index is -0.971. The SMILES string of the molecule is O=C(O)C=Cc1ccc(C(=C(c2ccc(Cl)cc2Cl)C2CC2)c2ccc3[nH]ncc3c2)cc1. The molecule has 1 fully saturated rings. The largest absolute Gasteiger partial charge is 0.478 e. The van der Waals surface area contributed by atoms with Crippen LogP contribution in [0.15, 0.2) is 72.9 Å². The monoisotopic (exact) mass is 474 g/mol. The van der Waals surface area contributed by atoms with Crippen molar-refractivity contribution in [3.8, 4) is 0 Å². The summed E-state index contributed by atoms with van der Waals surface area (Å²) in [6.45, 7) is 0. The van der Waals surface area contributed by atoms with Crippen molar-refractivity contribution in [1.29, 1.82) is 0 Å². The van der Waals surface area contributed by atoms with E-state index in [-0.39, 0.29) is 0 Å². The van der Waals surface area contributed by atoms with Crippen molar-refractivity contribution in [1.82, 2.24) is 10.2 Å². The molecular weight excluding hydrogens is 455 g/mol. The highest BCUT2D eigenvalue weighted by Crippen LogP contribution is 2.49. The Kier molecular flexibility index (Phi) is 5.79. The number of H-pyrrole nitrogens is 1. The summed E-state index contributed by atoms with van der Waals surface area (Å²) in [4.78, 5) is 10.9. The molecule has 0 amide bonds.